The second kappa shape index (κ2) is 3.86. The first-order valence-electron chi connectivity index (χ1n) is 4.73. The number of rotatable bonds is 3. The topological polar surface area (TPSA) is 67.2 Å². The molecule has 1 aromatic carbocycles. The van der Waals surface area contributed by atoms with Gasteiger partial charge in [0.1, 0.15) is 5.82 Å². The molecule has 15 heavy (non-hydrogen) atoms. The molecule has 80 valence electrons. The summed E-state index contributed by atoms with van der Waals surface area (Å²) in [5.74, 6) is -0.920. The maximum Gasteiger partial charge on any atom is 0.248 e. The third kappa shape index (κ3) is 2.07. The molecule has 4 N–H and O–H groups in total. The van der Waals surface area contributed by atoms with E-state index in [9.17, 15) is 9.18 Å². The van der Waals surface area contributed by atoms with E-state index in [1.165, 1.54) is 18.2 Å². The Morgan fingerprint density at radius 2 is 2.27 bits per heavy atom. The number of nitrogens with two attached hydrogens (primary N) is 1. The number of carbonyl (C=O) groups is 1. The van der Waals surface area contributed by atoms with Gasteiger partial charge in [-0.3, -0.25) is 4.79 Å². The van der Waals surface area contributed by atoms with Crippen molar-refractivity contribution in [3.05, 3.63) is 29.6 Å². The molecule has 1 aromatic rings. The highest BCUT2D eigenvalue weighted by atomic mass is 19.1. The van der Waals surface area contributed by atoms with Crippen LogP contribution >= 0.6 is 0 Å². The lowest BCUT2D eigenvalue weighted by Gasteiger charge is -2.29. The van der Waals surface area contributed by atoms with Gasteiger partial charge in [-0.1, -0.05) is 0 Å². The lowest BCUT2D eigenvalue weighted by molar-refractivity contribution is 0.100. The number of primary amides is 1. The number of amides is 1. The Labute approximate surface area is 86.7 Å². The van der Waals surface area contributed by atoms with Crippen molar-refractivity contribution in [2.45, 2.75) is 6.04 Å². The number of carbonyl (C=O) groups excluding carboxylic acids is 1. The molecule has 1 aliphatic heterocycles. The van der Waals surface area contributed by atoms with E-state index < -0.39 is 5.91 Å². The molecule has 2 rings (SSSR count). The summed E-state index contributed by atoms with van der Waals surface area (Å²) in [4.78, 5) is 10.9. The zero-order chi connectivity index (χ0) is 10.8. The zero-order valence-corrected chi connectivity index (χ0v) is 8.09. The van der Waals surface area contributed by atoms with Gasteiger partial charge in [-0.25, -0.2) is 4.39 Å². The minimum absolute atomic E-state index is 0.225. The van der Waals surface area contributed by atoms with Gasteiger partial charge in [-0.2, -0.15) is 0 Å². The van der Waals surface area contributed by atoms with Crippen molar-refractivity contribution in [3.8, 4) is 0 Å². The molecule has 1 amide bonds. The summed E-state index contributed by atoms with van der Waals surface area (Å²) >= 11 is 0. The molecule has 0 aliphatic carbocycles. The van der Waals surface area contributed by atoms with E-state index in [4.69, 9.17) is 5.73 Å². The Balaban J connectivity index is 2.19. The number of hydrogen-bond donors (Lipinski definition) is 3. The number of benzene rings is 1. The Morgan fingerprint density at radius 1 is 1.53 bits per heavy atom. The van der Waals surface area contributed by atoms with Crippen LogP contribution in [0.3, 0.4) is 0 Å². The molecule has 0 radical (unpaired) electrons. The van der Waals surface area contributed by atoms with Gasteiger partial charge in [-0.05, 0) is 18.2 Å². The van der Waals surface area contributed by atoms with Crippen LogP contribution in [0.1, 0.15) is 10.4 Å². The SMILES string of the molecule is NC(=O)c1ccc(F)c(NC2CNC2)c1. The normalized spacial score (nSPS) is 15.8. The summed E-state index contributed by atoms with van der Waals surface area (Å²) in [6.45, 7) is 1.61. The molecule has 0 atom stereocenters. The summed E-state index contributed by atoms with van der Waals surface area (Å²) in [5.41, 5.74) is 5.75. The average Bonchev–Trinajstić information content (AvgIpc) is 2.13. The highest BCUT2D eigenvalue weighted by molar-refractivity contribution is 5.93. The standard InChI is InChI=1S/C10H12FN3O/c11-8-2-1-6(10(12)15)3-9(8)14-7-4-13-5-7/h1-3,7,13-14H,4-5H2,(H2,12,15). The molecule has 0 aromatic heterocycles. The van der Waals surface area contributed by atoms with Gasteiger partial charge in [0.15, 0.2) is 0 Å². The van der Waals surface area contributed by atoms with E-state index in [-0.39, 0.29) is 11.9 Å². The second-order valence-electron chi connectivity index (χ2n) is 3.56. The lowest BCUT2D eigenvalue weighted by atomic mass is 10.1. The molecule has 4 nitrogen and oxygen atoms in total. The van der Waals surface area contributed by atoms with Gasteiger partial charge >= 0.3 is 0 Å². The number of halogens is 1. The highest BCUT2D eigenvalue weighted by Gasteiger charge is 2.18. The van der Waals surface area contributed by atoms with E-state index in [2.05, 4.69) is 10.6 Å². The maximum absolute atomic E-state index is 13.3. The first kappa shape index (κ1) is 9.92. The van der Waals surface area contributed by atoms with Crippen molar-refractivity contribution in [3.63, 3.8) is 0 Å². The quantitative estimate of drug-likeness (QED) is 0.671. The van der Waals surface area contributed by atoms with Gasteiger partial charge in [-0.15, -0.1) is 0 Å². The summed E-state index contributed by atoms with van der Waals surface area (Å²) in [5, 5.41) is 6.06. The highest BCUT2D eigenvalue weighted by Crippen LogP contribution is 2.17. The number of nitrogens with one attached hydrogen (secondary N) is 2. The van der Waals surface area contributed by atoms with Crippen LogP contribution < -0.4 is 16.4 Å². The van der Waals surface area contributed by atoms with Crippen LogP contribution in [0.5, 0.6) is 0 Å². The molecule has 1 heterocycles. The molecule has 0 spiro atoms. The van der Waals surface area contributed by atoms with Crippen LogP contribution in [0.25, 0.3) is 0 Å². The van der Waals surface area contributed by atoms with Crippen LogP contribution in [0.2, 0.25) is 0 Å². The molecule has 5 heteroatoms. The van der Waals surface area contributed by atoms with Crippen LogP contribution in [0.15, 0.2) is 18.2 Å². The molecule has 0 unspecified atom stereocenters. The van der Waals surface area contributed by atoms with Crippen LogP contribution in [0.4, 0.5) is 10.1 Å². The Bertz CT molecular complexity index is 390. The summed E-state index contributed by atoms with van der Waals surface area (Å²) in [7, 11) is 0. The minimum Gasteiger partial charge on any atom is -0.377 e. The van der Waals surface area contributed by atoms with Crippen LogP contribution in [-0.2, 0) is 0 Å². The van der Waals surface area contributed by atoms with E-state index in [0.717, 1.165) is 13.1 Å². The predicted octanol–water partition coefficient (Wildman–Crippen LogP) is 0.308. The van der Waals surface area contributed by atoms with Crippen molar-refractivity contribution in [1.82, 2.24) is 5.32 Å². The van der Waals surface area contributed by atoms with E-state index in [1.807, 2.05) is 0 Å². The fraction of sp³-hybridized carbons (Fsp3) is 0.300. The van der Waals surface area contributed by atoms with Gasteiger partial charge in [0.05, 0.1) is 11.7 Å². The minimum atomic E-state index is -0.551. The predicted molar refractivity (Wildman–Crippen MR) is 55.2 cm³/mol. The Morgan fingerprint density at radius 3 is 2.80 bits per heavy atom. The van der Waals surface area contributed by atoms with E-state index in [1.54, 1.807) is 0 Å². The molecule has 1 fully saturated rings. The monoisotopic (exact) mass is 209 g/mol. The molecular formula is C10H12FN3O. The third-order valence-corrected chi connectivity index (χ3v) is 2.39. The first-order valence-corrected chi connectivity index (χ1v) is 4.73. The Kier molecular flexibility index (Phi) is 2.55. The summed E-state index contributed by atoms with van der Waals surface area (Å²) in [6, 6.07) is 4.29. The van der Waals surface area contributed by atoms with E-state index >= 15 is 0 Å². The third-order valence-electron chi connectivity index (χ3n) is 2.39. The Hall–Kier alpha value is -1.62. The number of hydrogen-bond acceptors (Lipinski definition) is 3. The average molecular weight is 209 g/mol. The molecule has 1 saturated heterocycles. The van der Waals surface area contributed by atoms with Crippen molar-refractivity contribution in [2.75, 3.05) is 18.4 Å². The first-order chi connectivity index (χ1) is 7.16. The van der Waals surface area contributed by atoms with Gasteiger partial charge in [0.25, 0.3) is 0 Å². The van der Waals surface area contributed by atoms with Gasteiger partial charge in [0, 0.05) is 18.7 Å². The second-order valence-corrected chi connectivity index (χ2v) is 3.56. The molecule has 0 saturated carbocycles. The van der Waals surface area contributed by atoms with Gasteiger partial charge < -0.3 is 16.4 Å². The summed E-state index contributed by atoms with van der Waals surface area (Å²) in [6.07, 6.45) is 0. The molecule has 0 bridgehead atoms. The van der Waals surface area contributed by atoms with Crippen LogP contribution in [-0.4, -0.2) is 25.0 Å². The smallest absolute Gasteiger partial charge is 0.248 e. The maximum atomic E-state index is 13.3. The fourth-order valence-corrected chi connectivity index (χ4v) is 1.40. The van der Waals surface area contributed by atoms with Crippen molar-refractivity contribution in [2.24, 2.45) is 5.73 Å². The van der Waals surface area contributed by atoms with Crippen molar-refractivity contribution < 1.29 is 9.18 Å². The van der Waals surface area contributed by atoms with Crippen LogP contribution in [0, 0.1) is 5.82 Å². The largest absolute Gasteiger partial charge is 0.377 e. The van der Waals surface area contributed by atoms with Gasteiger partial charge in [0.2, 0.25) is 5.91 Å². The summed E-state index contributed by atoms with van der Waals surface area (Å²) < 4.78 is 13.3. The fourth-order valence-electron chi connectivity index (χ4n) is 1.40. The molecular weight excluding hydrogens is 197 g/mol. The number of anilines is 1. The van der Waals surface area contributed by atoms with Crippen molar-refractivity contribution >= 4 is 11.6 Å². The molecule has 1 aliphatic rings. The zero-order valence-electron chi connectivity index (χ0n) is 8.09. The van der Waals surface area contributed by atoms with Crippen molar-refractivity contribution in [1.29, 1.82) is 0 Å². The van der Waals surface area contributed by atoms with E-state index in [0.29, 0.717) is 11.3 Å². The lowest BCUT2D eigenvalue weighted by Crippen LogP contribution is -2.51.